The van der Waals surface area contributed by atoms with Crippen molar-refractivity contribution in [1.29, 1.82) is 0 Å². The number of nitrogens with two attached hydrogens (primary N) is 1. The summed E-state index contributed by atoms with van der Waals surface area (Å²) < 4.78 is 5.69. The summed E-state index contributed by atoms with van der Waals surface area (Å²) in [6.07, 6.45) is 1.37. The van der Waals surface area contributed by atoms with Crippen LogP contribution in [0.1, 0.15) is 21.5 Å². The van der Waals surface area contributed by atoms with Gasteiger partial charge in [-0.15, -0.1) is 0 Å². The first kappa shape index (κ1) is 19.8. The fourth-order valence-electron chi connectivity index (χ4n) is 2.41. The number of aromatic hydroxyl groups is 1. The van der Waals surface area contributed by atoms with E-state index in [9.17, 15) is 9.90 Å². The summed E-state index contributed by atoms with van der Waals surface area (Å²) in [5.74, 6) is 0.242. The molecule has 0 atom stereocenters. The predicted octanol–water partition coefficient (Wildman–Crippen LogP) is 4.19. The number of hydrogen-bond acceptors (Lipinski definition) is 5. The molecule has 3 aromatic rings. The molecule has 0 unspecified atom stereocenters. The van der Waals surface area contributed by atoms with Crippen molar-refractivity contribution in [3.8, 4) is 11.5 Å². The number of carbonyl (C=O) groups is 1. The van der Waals surface area contributed by atoms with Gasteiger partial charge in [0.05, 0.1) is 5.56 Å². The summed E-state index contributed by atoms with van der Waals surface area (Å²) in [5.41, 5.74) is 7.62. The van der Waals surface area contributed by atoms with Crippen LogP contribution in [-0.4, -0.2) is 16.0 Å². The first-order chi connectivity index (χ1) is 13.4. The van der Waals surface area contributed by atoms with Crippen LogP contribution < -0.4 is 15.8 Å². The molecule has 2 aromatic carbocycles. The van der Waals surface area contributed by atoms with E-state index in [-0.39, 0.29) is 29.8 Å². The number of nitrogen functional groups attached to an aromatic ring is 1. The number of carbonyl (C=O) groups excluding carboxylic acids is 1. The van der Waals surface area contributed by atoms with E-state index < -0.39 is 0 Å². The van der Waals surface area contributed by atoms with Crippen LogP contribution in [0.4, 0.5) is 5.82 Å². The zero-order chi connectivity index (χ0) is 20.1. The fourth-order valence-corrected chi connectivity index (χ4v) is 2.92. The second-order valence-corrected chi connectivity index (χ2v) is 6.76. The largest absolute Gasteiger partial charge is 0.508 e. The molecule has 0 fully saturated rings. The normalized spacial score (nSPS) is 10.5. The minimum absolute atomic E-state index is 0.0863. The van der Waals surface area contributed by atoms with E-state index in [1.54, 1.807) is 42.5 Å². The third-order valence-electron chi connectivity index (χ3n) is 3.97. The number of pyridine rings is 1. The molecular weight excluding hydrogens is 401 g/mol. The van der Waals surface area contributed by atoms with Gasteiger partial charge in [0.1, 0.15) is 12.4 Å². The standard InChI is InChI=1S/C20H17Cl2N3O3/c21-16-2-1-3-17(22)15(16)11-28-18-8-13(10-24-19(18)23)20(27)25-9-12-4-6-14(26)7-5-12/h1-8,10,26H,9,11H2,(H2,23,24)(H,25,27). The zero-order valence-electron chi connectivity index (χ0n) is 14.7. The number of phenols is 1. The highest BCUT2D eigenvalue weighted by atomic mass is 35.5. The van der Waals surface area contributed by atoms with E-state index >= 15 is 0 Å². The summed E-state index contributed by atoms with van der Waals surface area (Å²) in [4.78, 5) is 16.4. The van der Waals surface area contributed by atoms with Crippen molar-refractivity contribution < 1.29 is 14.6 Å². The van der Waals surface area contributed by atoms with Crippen LogP contribution in [0.15, 0.2) is 54.7 Å². The third kappa shape index (κ3) is 4.85. The van der Waals surface area contributed by atoms with Gasteiger partial charge in [-0.2, -0.15) is 0 Å². The second kappa shape index (κ2) is 8.82. The number of hydrogen-bond donors (Lipinski definition) is 3. The molecule has 4 N–H and O–H groups in total. The molecule has 0 saturated carbocycles. The molecule has 8 heteroatoms. The molecule has 1 heterocycles. The number of benzene rings is 2. The number of aromatic nitrogens is 1. The van der Waals surface area contributed by atoms with Crippen molar-refractivity contribution in [3.63, 3.8) is 0 Å². The van der Waals surface area contributed by atoms with Gasteiger partial charge in [-0.25, -0.2) is 4.98 Å². The van der Waals surface area contributed by atoms with Crippen LogP contribution in [0.25, 0.3) is 0 Å². The number of phenolic OH excluding ortho intramolecular Hbond substituents is 1. The highest BCUT2D eigenvalue weighted by Gasteiger charge is 2.12. The number of nitrogens with zero attached hydrogens (tertiary/aromatic N) is 1. The van der Waals surface area contributed by atoms with Crippen molar-refractivity contribution in [1.82, 2.24) is 10.3 Å². The summed E-state index contributed by atoms with van der Waals surface area (Å²) in [7, 11) is 0. The van der Waals surface area contributed by atoms with Crippen LogP contribution in [0, 0.1) is 0 Å². The highest BCUT2D eigenvalue weighted by Crippen LogP contribution is 2.27. The zero-order valence-corrected chi connectivity index (χ0v) is 16.2. The number of rotatable bonds is 6. The van der Waals surface area contributed by atoms with Crippen LogP contribution in [0.3, 0.4) is 0 Å². The van der Waals surface area contributed by atoms with Crippen molar-refractivity contribution in [2.75, 3.05) is 5.73 Å². The number of amides is 1. The number of ether oxygens (including phenoxy) is 1. The molecule has 144 valence electrons. The number of anilines is 1. The van der Waals surface area contributed by atoms with Gasteiger partial charge in [0.2, 0.25) is 0 Å². The quantitative estimate of drug-likeness (QED) is 0.558. The topological polar surface area (TPSA) is 97.5 Å². The monoisotopic (exact) mass is 417 g/mol. The van der Waals surface area contributed by atoms with Gasteiger partial charge in [0, 0.05) is 28.4 Å². The van der Waals surface area contributed by atoms with Crippen molar-refractivity contribution in [3.05, 3.63) is 81.5 Å². The maximum atomic E-state index is 12.4. The van der Waals surface area contributed by atoms with E-state index in [1.165, 1.54) is 12.3 Å². The first-order valence-corrected chi connectivity index (χ1v) is 9.07. The Balaban J connectivity index is 1.68. The van der Waals surface area contributed by atoms with E-state index in [0.717, 1.165) is 5.56 Å². The van der Waals surface area contributed by atoms with E-state index in [2.05, 4.69) is 10.3 Å². The molecule has 0 aliphatic carbocycles. The van der Waals surface area contributed by atoms with Gasteiger partial charge in [-0.05, 0) is 35.9 Å². The summed E-state index contributed by atoms with van der Waals surface area (Å²) >= 11 is 12.3. The van der Waals surface area contributed by atoms with Gasteiger partial charge in [-0.1, -0.05) is 41.4 Å². The van der Waals surface area contributed by atoms with Gasteiger partial charge < -0.3 is 20.9 Å². The maximum Gasteiger partial charge on any atom is 0.253 e. The lowest BCUT2D eigenvalue weighted by Gasteiger charge is -2.12. The molecule has 1 amide bonds. The summed E-state index contributed by atoms with van der Waals surface area (Å²) in [5, 5.41) is 13.0. The van der Waals surface area contributed by atoms with Gasteiger partial charge in [-0.3, -0.25) is 4.79 Å². The molecule has 1 aromatic heterocycles. The lowest BCUT2D eigenvalue weighted by atomic mass is 10.2. The minimum atomic E-state index is -0.332. The Morgan fingerprint density at radius 1 is 1.14 bits per heavy atom. The lowest BCUT2D eigenvalue weighted by molar-refractivity contribution is 0.0950. The molecule has 6 nitrogen and oxygen atoms in total. The number of nitrogens with one attached hydrogen (secondary N) is 1. The Morgan fingerprint density at radius 3 is 2.50 bits per heavy atom. The van der Waals surface area contributed by atoms with Crippen LogP contribution >= 0.6 is 23.2 Å². The average Bonchev–Trinajstić information content (AvgIpc) is 2.68. The molecule has 3 rings (SSSR count). The Kier molecular flexibility index (Phi) is 6.23. The molecule has 0 bridgehead atoms. The Morgan fingerprint density at radius 2 is 1.82 bits per heavy atom. The fraction of sp³-hybridized carbons (Fsp3) is 0.100. The summed E-state index contributed by atoms with van der Waals surface area (Å²) in [6, 6.07) is 13.2. The van der Waals surface area contributed by atoms with Gasteiger partial charge >= 0.3 is 0 Å². The second-order valence-electron chi connectivity index (χ2n) is 5.95. The first-order valence-electron chi connectivity index (χ1n) is 8.31. The highest BCUT2D eigenvalue weighted by molar-refractivity contribution is 6.35. The molecule has 0 aliphatic heterocycles. The van der Waals surface area contributed by atoms with Crippen molar-refractivity contribution in [2.24, 2.45) is 0 Å². The van der Waals surface area contributed by atoms with Crippen molar-refractivity contribution >= 4 is 34.9 Å². The van der Waals surface area contributed by atoms with Crippen LogP contribution in [0.2, 0.25) is 10.0 Å². The van der Waals surface area contributed by atoms with Gasteiger partial charge in [0.15, 0.2) is 11.6 Å². The maximum absolute atomic E-state index is 12.4. The third-order valence-corrected chi connectivity index (χ3v) is 4.68. The Bertz CT molecular complexity index is 974. The van der Waals surface area contributed by atoms with Crippen molar-refractivity contribution in [2.45, 2.75) is 13.2 Å². The molecular formula is C20H17Cl2N3O3. The summed E-state index contributed by atoms with van der Waals surface area (Å²) in [6.45, 7) is 0.387. The Hall–Kier alpha value is -2.96. The predicted molar refractivity (Wildman–Crippen MR) is 109 cm³/mol. The molecule has 28 heavy (non-hydrogen) atoms. The van der Waals surface area contributed by atoms with E-state index in [4.69, 9.17) is 33.7 Å². The average molecular weight is 418 g/mol. The van der Waals surface area contributed by atoms with Gasteiger partial charge in [0.25, 0.3) is 5.91 Å². The Labute approximate surface area is 171 Å². The molecule has 0 radical (unpaired) electrons. The van der Waals surface area contributed by atoms with E-state index in [1.807, 2.05) is 0 Å². The van der Waals surface area contributed by atoms with E-state index in [0.29, 0.717) is 27.7 Å². The lowest BCUT2D eigenvalue weighted by Crippen LogP contribution is -2.23. The number of halogens is 2. The van der Waals surface area contributed by atoms with Crippen LogP contribution in [0.5, 0.6) is 11.5 Å². The molecule has 0 spiro atoms. The van der Waals surface area contributed by atoms with Crippen LogP contribution in [-0.2, 0) is 13.2 Å². The molecule has 0 saturated heterocycles. The smallest absolute Gasteiger partial charge is 0.253 e. The SMILES string of the molecule is Nc1ncc(C(=O)NCc2ccc(O)cc2)cc1OCc1c(Cl)cccc1Cl. The minimum Gasteiger partial charge on any atom is -0.508 e. The molecule has 0 aliphatic rings.